The highest BCUT2D eigenvalue weighted by Gasteiger charge is 2.34. The number of aromatic nitrogens is 1. The molecule has 1 saturated carbocycles. The number of nitrogens with one attached hydrogen (secondary N) is 1. The van der Waals surface area contributed by atoms with Gasteiger partial charge in [0.05, 0.1) is 17.9 Å². The van der Waals surface area contributed by atoms with Crippen molar-refractivity contribution in [3.8, 4) is 17.0 Å². The molecule has 0 saturated heterocycles. The molecule has 1 aliphatic carbocycles. The van der Waals surface area contributed by atoms with Gasteiger partial charge in [0.25, 0.3) is 0 Å². The van der Waals surface area contributed by atoms with E-state index in [1.807, 2.05) is 12.1 Å². The predicted molar refractivity (Wildman–Crippen MR) is 134 cm³/mol. The Morgan fingerprint density at radius 3 is 2.76 bits per heavy atom. The fourth-order valence-electron chi connectivity index (χ4n) is 5.64. The summed E-state index contributed by atoms with van der Waals surface area (Å²) in [6, 6.07) is 11.6. The average Bonchev–Trinajstić information content (AvgIpc) is 3.13. The van der Waals surface area contributed by atoms with Gasteiger partial charge in [-0.1, -0.05) is 25.8 Å². The molecule has 5 nitrogen and oxygen atoms in total. The highest BCUT2D eigenvalue weighted by atomic mass is 19.1. The first-order chi connectivity index (χ1) is 16.5. The number of fused-ring (bicyclic) bond motifs is 5. The fraction of sp³-hybridized carbons (Fsp3) is 0.464. The van der Waals surface area contributed by atoms with Crippen LogP contribution in [0, 0.1) is 0 Å². The number of ether oxygens (including phenoxy) is 1. The quantitative estimate of drug-likeness (QED) is 0.427. The normalized spacial score (nSPS) is 22.3. The van der Waals surface area contributed by atoms with Crippen molar-refractivity contribution in [1.29, 1.82) is 0 Å². The van der Waals surface area contributed by atoms with E-state index in [1.54, 1.807) is 12.1 Å². The molecule has 3 aromatic rings. The van der Waals surface area contributed by atoms with Crippen LogP contribution in [0.2, 0.25) is 0 Å². The van der Waals surface area contributed by atoms with Gasteiger partial charge < -0.3 is 19.7 Å². The van der Waals surface area contributed by atoms with E-state index in [0.29, 0.717) is 13.0 Å². The van der Waals surface area contributed by atoms with E-state index in [9.17, 15) is 9.90 Å². The van der Waals surface area contributed by atoms with Crippen LogP contribution in [0.4, 0.5) is 10.1 Å². The van der Waals surface area contributed by atoms with E-state index in [0.717, 1.165) is 77.8 Å². The van der Waals surface area contributed by atoms with Crippen LogP contribution < -0.4 is 10.1 Å². The van der Waals surface area contributed by atoms with Crippen LogP contribution in [0.1, 0.15) is 74.2 Å². The summed E-state index contributed by atoms with van der Waals surface area (Å²) in [5, 5.41) is 14.3. The second-order valence-electron chi connectivity index (χ2n) is 9.75. The number of aromatic carboxylic acids is 1. The Balaban J connectivity index is 1.78. The molecule has 2 aliphatic rings. The topological polar surface area (TPSA) is 63.5 Å². The van der Waals surface area contributed by atoms with E-state index < -0.39 is 12.1 Å². The van der Waals surface area contributed by atoms with Crippen molar-refractivity contribution in [1.82, 2.24) is 4.57 Å². The highest BCUT2D eigenvalue weighted by Crippen LogP contribution is 2.48. The van der Waals surface area contributed by atoms with E-state index in [4.69, 9.17) is 4.74 Å². The van der Waals surface area contributed by atoms with Crippen LogP contribution >= 0.6 is 0 Å². The minimum Gasteiger partial charge on any atom is -0.494 e. The molecule has 3 atom stereocenters. The number of carbonyl (C=O) groups is 1. The molecular formula is C28H33FN2O3. The molecule has 1 fully saturated rings. The Labute approximate surface area is 199 Å². The Hall–Kier alpha value is -3.02. The van der Waals surface area contributed by atoms with Gasteiger partial charge in [0.15, 0.2) is 0 Å². The summed E-state index contributed by atoms with van der Waals surface area (Å²) in [6.07, 6.45) is 4.23. The van der Waals surface area contributed by atoms with Crippen LogP contribution in [-0.2, 0) is 6.54 Å². The number of nitrogens with zero attached hydrogens (tertiary/aromatic N) is 1. The van der Waals surface area contributed by atoms with Crippen LogP contribution in [0.3, 0.4) is 0 Å². The Morgan fingerprint density at radius 2 is 2.00 bits per heavy atom. The number of hydrogen-bond acceptors (Lipinski definition) is 3. The second kappa shape index (κ2) is 9.32. The van der Waals surface area contributed by atoms with Crippen LogP contribution in [0.15, 0.2) is 36.4 Å². The first-order valence-electron chi connectivity index (χ1n) is 12.5. The van der Waals surface area contributed by atoms with Crippen molar-refractivity contribution >= 4 is 22.6 Å². The molecule has 2 unspecified atom stereocenters. The molecule has 0 spiro atoms. The summed E-state index contributed by atoms with van der Waals surface area (Å²) >= 11 is 0. The van der Waals surface area contributed by atoms with E-state index in [2.05, 4.69) is 35.9 Å². The molecule has 2 heterocycles. The summed E-state index contributed by atoms with van der Waals surface area (Å²) in [6.45, 7) is 5.63. The lowest BCUT2D eigenvalue weighted by Gasteiger charge is -2.29. The van der Waals surface area contributed by atoms with E-state index in [-0.39, 0.29) is 17.5 Å². The maximum atomic E-state index is 15.4. The maximum absolute atomic E-state index is 15.4. The summed E-state index contributed by atoms with van der Waals surface area (Å²) in [5.74, 6) is -0.317. The maximum Gasteiger partial charge on any atom is 0.335 e. The van der Waals surface area contributed by atoms with Crippen molar-refractivity contribution in [2.75, 3.05) is 11.9 Å². The first-order valence-corrected chi connectivity index (χ1v) is 12.5. The van der Waals surface area contributed by atoms with Crippen molar-refractivity contribution in [3.63, 3.8) is 0 Å². The van der Waals surface area contributed by atoms with Gasteiger partial charge in [-0.25, -0.2) is 9.18 Å². The molecule has 6 heteroatoms. The zero-order chi connectivity index (χ0) is 23.8. The standard InChI is InChI=1S/C28H33FN2O3/c1-3-14-34-19-9-11-21-24(16-19)30-17(2)12-13-31-25-15-18(28(32)33)8-10-22(25)26(27(21)31)20-6-4-5-7-23(20)29/h8-11,15-17,20,23,30H,3-7,12-14H2,1-2H3,(H,32,33)/t17?,20?,23-/m0/s1. The predicted octanol–water partition coefficient (Wildman–Crippen LogP) is 7.00. The summed E-state index contributed by atoms with van der Waals surface area (Å²) in [5.41, 5.74) is 5.19. The van der Waals surface area contributed by atoms with Crippen molar-refractivity contribution in [2.24, 2.45) is 0 Å². The number of alkyl halides is 1. The van der Waals surface area contributed by atoms with Gasteiger partial charge in [0.2, 0.25) is 0 Å². The highest BCUT2D eigenvalue weighted by molar-refractivity contribution is 5.99. The number of aryl methyl sites for hydroxylation is 1. The Morgan fingerprint density at radius 1 is 1.18 bits per heavy atom. The van der Waals surface area contributed by atoms with Crippen molar-refractivity contribution < 1.29 is 19.0 Å². The number of rotatable bonds is 5. The summed E-state index contributed by atoms with van der Waals surface area (Å²) in [7, 11) is 0. The second-order valence-corrected chi connectivity index (χ2v) is 9.75. The monoisotopic (exact) mass is 464 g/mol. The zero-order valence-corrected chi connectivity index (χ0v) is 19.9. The van der Waals surface area contributed by atoms with Gasteiger partial charge in [-0.2, -0.15) is 0 Å². The number of hydrogen-bond donors (Lipinski definition) is 2. The van der Waals surface area contributed by atoms with Crippen LogP contribution in [0.5, 0.6) is 5.75 Å². The fourth-order valence-corrected chi connectivity index (χ4v) is 5.64. The third kappa shape index (κ3) is 4.04. The van der Waals surface area contributed by atoms with Crippen molar-refractivity contribution in [2.45, 2.75) is 77.0 Å². The Kier molecular flexibility index (Phi) is 6.24. The third-order valence-corrected chi connectivity index (χ3v) is 7.31. The molecule has 1 aromatic heterocycles. The molecule has 34 heavy (non-hydrogen) atoms. The van der Waals surface area contributed by atoms with Gasteiger partial charge in [-0.15, -0.1) is 0 Å². The molecular weight excluding hydrogens is 431 g/mol. The average molecular weight is 465 g/mol. The smallest absolute Gasteiger partial charge is 0.335 e. The Bertz CT molecular complexity index is 1220. The van der Waals surface area contributed by atoms with E-state index in [1.165, 1.54) is 0 Å². The molecule has 180 valence electrons. The number of carboxylic acids is 1. The summed E-state index contributed by atoms with van der Waals surface area (Å²) in [4.78, 5) is 11.8. The third-order valence-electron chi connectivity index (χ3n) is 7.31. The number of halogens is 1. The van der Waals surface area contributed by atoms with Crippen LogP contribution in [0.25, 0.3) is 22.2 Å². The van der Waals surface area contributed by atoms with Gasteiger partial charge in [-0.05, 0) is 62.4 Å². The molecule has 1 aliphatic heterocycles. The van der Waals surface area contributed by atoms with Gasteiger partial charge >= 0.3 is 5.97 Å². The molecule has 5 rings (SSSR count). The first kappa shape index (κ1) is 22.8. The molecule has 2 N–H and O–H groups in total. The lowest BCUT2D eigenvalue weighted by Crippen LogP contribution is -2.23. The summed E-state index contributed by atoms with van der Waals surface area (Å²) < 4.78 is 23.5. The SMILES string of the molecule is CCCOc1ccc2c(c1)NC(C)CCn1c-2c(C2CCCC[C@@H]2F)c2ccc(C(=O)O)cc21. The largest absolute Gasteiger partial charge is 0.494 e. The van der Waals surface area contributed by atoms with Gasteiger partial charge in [-0.3, -0.25) is 0 Å². The molecule has 0 bridgehead atoms. The van der Waals surface area contributed by atoms with Crippen molar-refractivity contribution in [3.05, 3.63) is 47.5 Å². The lowest BCUT2D eigenvalue weighted by atomic mass is 9.80. The van der Waals surface area contributed by atoms with Crippen LogP contribution in [-0.4, -0.2) is 34.5 Å². The zero-order valence-electron chi connectivity index (χ0n) is 19.9. The molecule has 0 radical (unpaired) electrons. The van der Waals surface area contributed by atoms with Gasteiger partial charge in [0.1, 0.15) is 11.9 Å². The van der Waals surface area contributed by atoms with Gasteiger partial charge in [0, 0.05) is 46.7 Å². The molecule has 2 aromatic carbocycles. The number of benzene rings is 2. The minimum absolute atomic E-state index is 0.191. The van der Waals surface area contributed by atoms with E-state index >= 15 is 4.39 Å². The number of anilines is 1. The minimum atomic E-state index is -0.945. The number of carboxylic acid groups (broad SMARTS) is 1. The lowest BCUT2D eigenvalue weighted by molar-refractivity contribution is 0.0697. The molecule has 0 amide bonds.